The van der Waals surface area contributed by atoms with Gasteiger partial charge in [0.15, 0.2) is 0 Å². The molecule has 0 saturated carbocycles. The first kappa shape index (κ1) is 27.1. The highest BCUT2D eigenvalue weighted by atomic mass is 35.5. The van der Waals surface area contributed by atoms with Crippen molar-refractivity contribution >= 4 is 23.2 Å². The van der Waals surface area contributed by atoms with Crippen molar-refractivity contribution in [2.75, 3.05) is 24.5 Å². The minimum absolute atomic E-state index is 0.0801. The molecule has 2 unspecified atom stereocenters. The van der Waals surface area contributed by atoms with E-state index in [9.17, 15) is 4.79 Å². The fourth-order valence-electron chi connectivity index (χ4n) is 4.48. The molecular formula is C29H40ClN3O2. The summed E-state index contributed by atoms with van der Waals surface area (Å²) in [5, 5.41) is 0.722. The number of amides is 1. The minimum Gasteiger partial charge on any atom is -0.489 e. The number of hydrogen-bond acceptors (Lipinski definition) is 4. The van der Waals surface area contributed by atoms with Gasteiger partial charge in [-0.1, -0.05) is 49.2 Å². The molecule has 0 aromatic heterocycles. The standard InChI is InChI=1S/C29H40ClN3O2/c1-21(2)15-17-33(26-6-5-16-32(19-26)29(34)28(31)18-22(3)4)25-11-13-27(14-12-25)35-20-23-7-9-24(30)10-8-23/h7-15,22,26,28H,5-6,16-20,31H2,1-4H3. The number of hydrogen-bond donors (Lipinski definition) is 1. The average molecular weight is 498 g/mol. The summed E-state index contributed by atoms with van der Waals surface area (Å²) in [5.74, 6) is 1.31. The summed E-state index contributed by atoms with van der Waals surface area (Å²) < 4.78 is 5.98. The first-order valence-electron chi connectivity index (χ1n) is 12.6. The first-order valence-corrected chi connectivity index (χ1v) is 13.0. The van der Waals surface area contributed by atoms with E-state index in [0.29, 0.717) is 19.1 Å². The molecule has 1 heterocycles. The van der Waals surface area contributed by atoms with Crippen molar-refractivity contribution in [2.45, 2.75) is 65.6 Å². The highest BCUT2D eigenvalue weighted by molar-refractivity contribution is 6.30. The Balaban J connectivity index is 1.70. The number of benzene rings is 2. The summed E-state index contributed by atoms with van der Waals surface area (Å²) in [4.78, 5) is 17.4. The molecule has 1 aliphatic heterocycles. The normalized spacial score (nSPS) is 16.7. The highest BCUT2D eigenvalue weighted by Gasteiger charge is 2.30. The van der Waals surface area contributed by atoms with Crippen LogP contribution >= 0.6 is 11.6 Å². The van der Waals surface area contributed by atoms with Crippen molar-refractivity contribution in [2.24, 2.45) is 11.7 Å². The van der Waals surface area contributed by atoms with Gasteiger partial charge in [-0.05, 0) is 81.0 Å². The van der Waals surface area contributed by atoms with E-state index in [1.165, 1.54) is 5.57 Å². The van der Waals surface area contributed by atoms with Gasteiger partial charge in [-0.3, -0.25) is 4.79 Å². The minimum atomic E-state index is -0.419. The Morgan fingerprint density at radius 1 is 1.17 bits per heavy atom. The second-order valence-electron chi connectivity index (χ2n) is 10.2. The number of carbonyl (C=O) groups is 1. The second kappa shape index (κ2) is 13.0. The van der Waals surface area contributed by atoms with Gasteiger partial charge < -0.3 is 20.3 Å². The Morgan fingerprint density at radius 3 is 2.49 bits per heavy atom. The van der Waals surface area contributed by atoms with E-state index >= 15 is 0 Å². The predicted octanol–water partition coefficient (Wildman–Crippen LogP) is 6.06. The molecule has 5 nitrogen and oxygen atoms in total. The lowest BCUT2D eigenvalue weighted by atomic mass is 9.99. The number of rotatable bonds is 10. The Hall–Kier alpha value is -2.50. The molecule has 2 atom stereocenters. The number of halogens is 1. The van der Waals surface area contributed by atoms with Gasteiger partial charge in [0.1, 0.15) is 12.4 Å². The van der Waals surface area contributed by atoms with E-state index in [2.05, 4.69) is 50.8 Å². The van der Waals surface area contributed by atoms with E-state index < -0.39 is 6.04 Å². The smallest absolute Gasteiger partial charge is 0.239 e. The number of ether oxygens (including phenoxy) is 1. The van der Waals surface area contributed by atoms with Gasteiger partial charge in [-0.15, -0.1) is 0 Å². The molecule has 1 fully saturated rings. The third-order valence-corrected chi connectivity index (χ3v) is 6.63. The monoisotopic (exact) mass is 497 g/mol. The molecule has 0 spiro atoms. The summed E-state index contributed by atoms with van der Waals surface area (Å²) in [6.07, 6.45) is 5.00. The molecule has 1 amide bonds. The SMILES string of the molecule is CC(C)=CCN(c1ccc(OCc2ccc(Cl)cc2)cc1)C1CCCN(C(=O)C(N)CC(C)C)C1. The number of allylic oxidation sites excluding steroid dienone is 1. The van der Waals surface area contributed by atoms with Crippen molar-refractivity contribution in [3.63, 3.8) is 0 Å². The molecule has 1 aliphatic rings. The van der Waals surface area contributed by atoms with Crippen molar-refractivity contribution in [1.29, 1.82) is 0 Å². The third-order valence-electron chi connectivity index (χ3n) is 6.37. The van der Waals surface area contributed by atoms with Gasteiger partial charge in [-0.25, -0.2) is 0 Å². The average Bonchev–Trinajstić information content (AvgIpc) is 2.83. The van der Waals surface area contributed by atoms with Gasteiger partial charge in [0.2, 0.25) is 5.91 Å². The zero-order valence-corrected chi connectivity index (χ0v) is 22.3. The highest BCUT2D eigenvalue weighted by Crippen LogP contribution is 2.26. The number of anilines is 1. The number of carbonyl (C=O) groups excluding carboxylic acids is 1. The van der Waals surface area contributed by atoms with Gasteiger partial charge in [0.25, 0.3) is 0 Å². The van der Waals surface area contributed by atoms with Crippen molar-refractivity contribution in [3.8, 4) is 5.75 Å². The Morgan fingerprint density at radius 2 is 1.86 bits per heavy atom. The fourth-order valence-corrected chi connectivity index (χ4v) is 4.61. The molecule has 2 aromatic rings. The number of piperidine rings is 1. The molecule has 3 rings (SSSR count). The molecule has 190 valence electrons. The van der Waals surface area contributed by atoms with Gasteiger partial charge in [0, 0.05) is 36.4 Å². The predicted molar refractivity (Wildman–Crippen MR) is 146 cm³/mol. The Bertz CT molecular complexity index is 968. The molecule has 2 aromatic carbocycles. The maximum absolute atomic E-state index is 13.0. The van der Waals surface area contributed by atoms with Gasteiger partial charge >= 0.3 is 0 Å². The summed E-state index contributed by atoms with van der Waals surface area (Å²) in [6, 6.07) is 15.8. The van der Waals surface area contributed by atoms with Crippen LogP contribution in [0.15, 0.2) is 60.2 Å². The number of nitrogens with two attached hydrogens (primary N) is 1. The molecule has 0 radical (unpaired) electrons. The number of nitrogens with zero attached hydrogens (tertiary/aromatic N) is 2. The molecule has 6 heteroatoms. The largest absolute Gasteiger partial charge is 0.489 e. The second-order valence-corrected chi connectivity index (χ2v) is 10.6. The summed E-state index contributed by atoms with van der Waals surface area (Å²) in [7, 11) is 0. The maximum atomic E-state index is 13.0. The van der Waals surface area contributed by atoms with Crippen molar-refractivity contribution in [1.82, 2.24) is 4.90 Å². The van der Waals surface area contributed by atoms with E-state index in [1.54, 1.807) is 0 Å². The van der Waals surface area contributed by atoms with E-state index in [0.717, 1.165) is 54.4 Å². The zero-order chi connectivity index (χ0) is 25.4. The van der Waals surface area contributed by atoms with Crippen LogP contribution in [0.5, 0.6) is 5.75 Å². The van der Waals surface area contributed by atoms with Crippen LogP contribution in [0.4, 0.5) is 5.69 Å². The van der Waals surface area contributed by atoms with Crippen LogP contribution in [0, 0.1) is 5.92 Å². The Kier molecular flexibility index (Phi) is 10.1. The zero-order valence-electron chi connectivity index (χ0n) is 21.5. The van der Waals surface area contributed by atoms with Gasteiger partial charge in [0.05, 0.1) is 6.04 Å². The topological polar surface area (TPSA) is 58.8 Å². The van der Waals surface area contributed by atoms with Crippen LogP contribution in [0.2, 0.25) is 5.02 Å². The fraction of sp³-hybridized carbons (Fsp3) is 0.483. The Labute approximate surface area is 215 Å². The van der Waals surface area contributed by atoms with Crippen LogP contribution in [-0.4, -0.2) is 42.5 Å². The van der Waals surface area contributed by atoms with Crippen molar-refractivity contribution in [3.05, 3.63) is 70.8 Å². The van der Waals surface area contributed by atoms with E-state index in [4.69, 9.17) is 22.1 Å². The lowest BCUT2D eigenvalue weighted by Gasteiger charge is -2.41. The lowest BCUT2D eigenvalue weighted by Crippen LogP contribution is -2.54. The van der Waals surface area contributed by atoms with Crippen LogP contribution < -0.4 is 15.4 Å². The van der Waals surface area contributed by atoms with Crippen LogP contribution in [-0.2, 0) is 11.4 Å². The lowest BCUT2D eigenvalue weighted by molar-refractivity contribution is -0.134. The number of likely N-dealkylation sites (tertiary alicyclic amines) is 1. The quantitative estimate of drug-likeness (QED) is 0.405. The van der Waals surface area contributed by atoms with E-state index in [-0.39, 0.29) is 11.9 Å². The molecule has 1 saturated heterocycles. The van der Waals surface area contributed by atoms with E-state index in [1.807, 2.05) is 41.3 Å². The molecule has 0 aliphatic carbocycles. The first-order chi connectivity index (χ1) is 16.7. The van der Waals surface area contributed by atoms with Crippen LogP contribution in [0.25, 0.3) is 0 Å². The molecule has 2 N–H and O–H groups in total. The molecule has 35 heavy (non-hydrogen) atoms. The summed E-state index contributed by atoms with van der Waals surface area (Å²) in [5.41, 5.74) is 9.73. The summed E-state index contributed by atoms with van der Waals surface area (Å²) in [6.45, 7) is 11.2. The molecule has 0 bridgehead atoms. The maximum Gasteiger partial charge on any atom is 0.239 e. The van der Waals surface area contributed by atoms with Crippen molar-refractivity contribution < 1.29 is 9.53 Å². The third kappa shape index (κ3) is 8.29. The molecular weight excluding hydrogens is 458 g/mol. The van der Waals surface area contributed by atoms with Crippen LogP contribution in [0.1, 0.15) is 52.5 Å². The van der Waals surface area contributed by atoms with Gasteiger partial charge in [-0.2, -0.15) is 0 Å². The van der Waals surface area contributed by atoms with Crippen LogP contribution in [0.3, 0.4) is 0 Å². The summed E-state index contributed by atoms with van der Waals surface area (Å²) >= 11 is 5.97.